The Bertz CT molecular complexity index is 1280. The van der Waals surface area contributed by atoms with Gasteiger partial charge in [-0.3, -0.25) is 4.99 Å². The smallest absolute Gasteiger partial charge is 0.247 e. The number of benzene rings is 1. The van der Waals surface area contributed by atoms with E-state index in [1.165, 1.54) is 17.7 Å². The molecule has 162 valence electrons. The van der Waals surface area contributed by atoms with E-state index in [4.69, 9.17) is 26.7 Å². The maximum atomic E-state index is 13.3. The van der Waals surface area contributed by atoms with E-state index in [0.717, 1.165) is 28.8 Å². The molecular weight excluding hydrogens is 456 g/mol. The summed E-state index contributed by atoms with van der Waals surface area (Å²) in [5, 5.41) is 8.16. The highest BCUT2D eigenvalue weighted by Crippen LogP contribution is 2.49. The fraction of sp³-hybridized carbons (Fsp3) is 0.381. The van der Waals surface area contributed by atoms with Gasteiger partial charge in [-0.15, -0.1) is 21.5 Å². The van der Waals surface area contributed by atoms with Crippen molar-refractivity contribution in [2.45, 2.75) is 42.9 Å². The molecule has 3 heterocycles. The number of amidine groups is 1. The van der Waals surface area contributed by atoms with E-state index in [1.807, 2.05) is 30.3 Å². The Morgan fingerprint density at radius 2 is 1.94 bits per heavy atom. The third-order valence-electron chi connectivity index (χ3n) is 6.24. The van der Waals surface area contributed by atoms with Gasteiger partial charge < -0.3 is 10.2 Å². The normalized spacial score (nSPS) is 24.4. The Hall–Kier alpha value is -2.23. The van der Waals surface area contributed by atoms with E-state index in [-0.39, 0.29) is 11.6 Å². The molecule has 1 aromatic carbocycles. The fourth-order valence-corrected chi connectivity index (χ4v) is 8.90. The molecule has 5 rings (SSSR count). The number of aliphatic imine (C=N–C) groups is 1. The molecule has 1 aliphatic carbocycles. The van der Waals surface area contributed by atoms with Crippen LogP contribution in [0.1, 0.15) is 37.5 Å². The molecule has 1 unspecified atom stereocenters. The molecule has 2 aromatic heterocycles. The van der Waals surface area contributed by atoms with E-state index < -0.39 is 20.1 Å². The van der Waals surface area contributed by atoms with Crippen LogP contribution in [-0.4, -0.2) is 35.0 Å². The van der Waals surface area contributed by atoms with Gasteiger partial charge in [0, 0.05) is 10.4 Å². The molecule has 0 bridgehead atoms. The van der Waals surface area contributed by atoms with Crippen LogP contribution in [0.25, 0.3) is 21.9 Å². The van der Waals surface area contributed by atoms with Crippen LogP contribution in [0.5, 0.6) is 0 Å². The summed E-state index contributed by atoms with van der Waals surface area (Å²) in [7, 11) is -3.47. The zero-order valence-electron chi connectivity index (χ0n) is 16.8. The van der Waals surface area contributed by atoms with Gasteiger partial charge in [0.2, 0.25) is 12.3 Å². The molecule has 1 fully saturated rings. The highest BCUT2D eigenvalue weighted by molar-refractivity contribution is 7.93. The van der Waals surface area contributed by atoms with E-state index in [2.05, 4.69) is 10.2 Å². The summed E-state index contributed by atoms with van der Waals surface area (Å²) in [4.78, 5) is 6.35. The summed E-state index contributed by atoms with van der Waals surface area (Å²) < 4.78 is 31.0. The summed E-state index contributed by atoms with van der Waals surface area (Å²) in [5.74, 6) is 0.556. The molecule has 31 heavy (non-hydrogen) atoms. The first-order valence-corrected chi connectivity index (χ1v) is 12.8. The number of hydrogen-bond acceptors (Lipinski definition) is 8. The molecular formula is C21H21ClN4O3S2. The van der Waals surface area contributed by atoms with Crippen LogP contribution in [0.4, 0.5) is 0 Å². The van der Waals surface area contributed by atoms with Crippen LogP contribution in [0, 0.1) is 0 Å². The number of sulfone groups is 1. The van der Waals surface area contributed by atoms with Crippen LogP contribution < -0.4 is 5.73 Å². The van der Waals surface area contributed by atoms with Crippen molar-refractivity contribution in [2.75, 3.05) is 5.75 Å². The van der Waals surface area contributed by atoms with Crippen molar-refractivity contribution >= 4 is 38.6 Å². The molecule has 0 saturated heterocycles. The number of halogens is 1. The molecule has 0 amide bonds. The lowest BCUT2D eigenvalue weighted by Gasteiger charge is -2.39. The largest absolute Gasteiger partial charge is 0.423 e. The molecule has 7 nitrogen and oxygen atoms in total. The average Bonchev–Trinajstić information content (AvgIpc) is 3.47. The summed E-state index contributed by atoms with van der Waals surface area (Å²) in [6.07, 6.45) is 4.09. The van der Waals surface area contributed by atoms with Crippen molar-refractivity contribution in [1.82, 2.24) is 10.2 Å². The van der Waals surface area contributed by atoms with E-state index >= 15 is 0 Å². The lowest BCUT2D eigenvalue weighted by atomic mass is 10.00. The number of nitrogens with two attached hydrogens (primary N) is 1. The highest BCUT2D eigenvalue weighted by atomic mass is 35.5. The summed E-state index contributed by atoms with van der Waals surface area (Å²) in [5.41, 5.74) is 7.01. The standard InChI is InChI=1S/C21H21ClN4O3S2/c1-20(11-31(27,28)21(19(23)25-20)7-2-3-8-21)17-15(22)10-16(30-17)13-5-4-6-14(9-13)18-26-24-12-29-18/h4-6,9-10,12H,2-3,7-8,11H2,1H3,(H2,23,25). The van der Waals surface area contributed by atoms with Gasteiger partial charge in [-0.25, -0.2) is 8.42 Å². The van der Waals surface area contributed by atoms with Crippen LogP contribution >= 0.6 is 22.9 Å². The molecule has 10 heteroatoms. The first-order chi connectivity index (χ1) is 14.7. The predicted molar refractivity (Wildman–Crippen MR) is 122 cm³/mol. The number of thiophene rings is 1. The topological polar surface area (TPSA) is 111 Å². The fourth-order valence-electron chi connectivity index (χ4n) is 4.68. The van der Waals surface area contributed by atoms with Crippen molar-refractivity contribution in [3.63, 3.8) is 0 Å². The first-order valence-electron chi connectivity index (χ1n) is 9.99. The van der Waals surface area contributed by atoms with Gasteiger partial charge in [-0.2, -0.15) is 0 Å². The minimum absolute atomic E-state index is 0.0948. The van der Waals surface area contributed by atoms with Gasteiger partial charge in [-0.1, -0.05) is 36.6 Å². The molecule has 2 aliphatic rings. The van der Waals surface area contributed by atoms with Crippen molar-refractivity contribution in [1.29, 1.82) is 0 Å². The number of rotatable bonds is 3. The van der Waals surface area contributed by atoms with Crippen molar-refractivity contribution in [2.24, 2.45) is 10.7 Å². The maximum Gasteiger partial charge on any atom is 0.247 e. The van der Waals surface area contributed by atoms with E-state index in [9.17, 15) is 8.42 Å². The van der Waals surface area contributed by atoms with Gasteiger partial charge in [0.25, 0.3) is 0 Å². The van der Waals surface area contributed by atoms with E-state index in [1.54, 1.807) is 6.92 Å². The maximum absolute atomic E-state index is 13.3. The van der Waals surface area contributed by atoms with Crippen LogP contribution in [0.2, 0.25) is 5.02 Å². The average molecular weight is 477 g/mol. The third-order valence-corrected chi connectivity index (χ3v) is 10.8. The second-order valence-electron chi connectivity index (χ2n) is 8.34. The second kappa shape index (κ2) is 7.15. The van der Waals surface area contributed by atoms with Gasteiger partial charge in [-0.05, 0) is 43.5 Å². The monoisotopic (exact) mass is 476 g/mol. The van der Waals surface area contributed by atoms with Gasteiger partial charge >= 0.3 is 0 Å². The van der Waals surface area contributed by atoms with E-state index in [0.29, 0.717) is 28.6 Å². The van der Waals surface area contributed by atoms with Crippen LogP contribution in [0.15, 0.2) is 46.1 Å². The molecule has 1 atom stereocenters. The lowest BCUT2D eigenvalue weighted by Crippen LogP contribution is -2.56. The summed E-state index contributed by atoms with van der Waals surface area (Å²) in [6.45, 7) is 1.80. The van der Waals surface area contributed by atoms with Crippen molar-refractivity contribution in [3.05, 3.63) is 46.6 Å². The highest BCUT2D eigenvalue weighted by Gasteiger charge is 2.56. The Kier molecular flexibility index (Phi) is 4.76. The molecule has 1 saturated carbocycles. The van der Waals surface area contributed by atoms with Crippen molar-refractivity contribution < 1.29 is 12.8 Å². The first kappa shape index (κ1) is 20.7. The second-order valence-corrected chi connectivity index (χ2v) is 12.1. The SMILES string of the molecule is CC1(c2sc(-c3cccc(-c4nnco4)c3)cc2Cl)CS(=O)(=O)C2(CCCC2)C(N)=N1. The molecule has 2 N–H and O–H groups in total. The van der Waals surface area contributed by atoms with Gasteiger partial charge in [0.05, 0.1) is 15.7 Å². The lowest BCUT2D eigenvalue weighted by molar-refractivity contribution is 0.495. The molecule has 3 aromatic rings. The zero-order chi connectivity index (χ0) is 21.9. The number of hydrogen-bond donors (Lipinski definition) is 1. The Balaban J connectivity index is 1.56. The van der Waals surface area contributed by atoms with Crippen LogP contribution in [0.3, 0.4) is 0 Å². The van der Waals surface area contributed by atoms with Gasteiger partial charge in [0.15, 0.2) is 9.84 Å². The zero-order valence-corrected chi connectivity index (χ0v) is 19.2. The Labute approximate surface area is 189 Å². The summed E-state index contributed by atoms with van der Waals surface area (Å²) in [6, 6.07) is 9.52. The van der Waals surface area contributed by atoms with Crippen molar-refractivity contribution in [3.8, 4) is 21.9 Å². The predicted octanol–water partition coefficient (Wildman–Crippen LogP) is 4.43. The van der Waals surface area contributed by atoms with Crippen LogP contribution in [-0.2, 0) is 15.4 Å². The Morgan fingerprint density at radius 1 is 1.19 bits per heavy atom. The quantitative estimate of drug-likeness (QED) is 0.598. The minimum atomic E-state index is -3.47. The number of nitrogens with zero attached hydrogens (tertiary/aromatic N) is 3. The summed E-state index contributed by atoms with van der Waals surface area (Å²) >= 11 is 8.05. The Morgan fingerprint density at radius 3 is 2.61 bits per heavy atom. The minimum Gasteiger partial charge on any atom is -0.423 e. The molecule has 1 aliphatic heterocycles. The van der Waals surface area contributed by atoms with Gasteiger partial charge in [0.1, 0.15) is 16.1 Å². The number of aromatic nitrogens is 2. The molecule has 1 spiro atoms. The third kappa shape index (κ3) is 3.21. The molecule has 0 radical (unpaired) electrons.